The Labute approximate surface area is 191 Å². The Kier molecular flexibility index (Phi) is 8.65. The third kappa shape index (κ3) is 7.45. The number of halogens is 2. The van der Waals surface area contributed by atoms with Gasteiger partial charge in [-0.05, 0) is 26.3 Å². The molecule has 0 spiro atoms. The van der Waals surface area contributed by atoms with Gasteiger partial charge in [-0.15, -0.1) is 5.06 Å². The number of aromatic nitrogens is 1. The average molecular weight is 465 g/mol. The third-order valence-corrected chi connectivity index (χ3v) is 4.72. The maximum atomic E-state index is 14.4. The topological polar surface area (TPSA) is 82.1 Å². The summed E-state index contributed by atoms with van der Waals surface area (Å²) in [4.78, 5) is 20.9. The molecular weight excluding hydrogens is 436 g/mol. The van der Waals surface area contributed by atoms with Crippen LogP contribution < -0.4 is 14.8 Å². The number of hydroxylamine groups is 2. The van der Waals surface area contributed by atoms with E-state index >= 15 is 0 Å². The van der Waals surface area contributed by atoms with E-state index in [1.54, 1.807) is 31.0 Å². The van der Waals surface area contributed by atoms with Crippen molar-refractivity contribution in [3.05, 3.63) is 42.1 Å². The first-order chi connectivity index (χ1) is 15.8. The van der Waals surface area contributed by atoms with E-state index in [0.717, 1.165) is 12.1 Å². The first kappa shape index (κ1) is 24.5. The molecule has 1 aromatic carbocycles. The zero-order chi connectivity index (χ0) is 23.8. The third-order valence-electron chi connectivity index (χ3n) is 4.72. The second-order valence-corrected chi connectivity index (χ2v) is 7.87. The fourth-order valence-corrected chi connectivity index (χ4v) is 3.19. The highest BCUT2D eigenvalue weighted by Crippen LogP contribution is 2.29. The van der Waals surface area contributed by atoms with Gasteiger partial charge in [0.1, 0.15) is 6.10 Å². The van der Waals surface area contributed by atoms with Crippen molar-refractivity contribution in [1.82, 2.24) is 10.0 Å². The van der Waals surface area contributed by atoms with Crippen LogP contribution in [0.15, 0.2) is 30.5 Å². The number of pyridine rings is 1. The Morgan fingerprint density at radius 3 is 2.67 bits per heavy atom. The Hall–Kier alpha value is -3.14. The van der Waals surface area contributed by atoms with Crippen molar-refractivity contribution in [3.63, 3.8) is 0 Å². The van der Waals surface area contributed by atoms with Crippen molar-refractivity contribution in [2.75, 3.05) is 25.0 Å². The molecule has 0 bridgehead atoms. The van der Waals surface area contributed by atoms with E-state index in [2.05, 4.69) is 10.3 Å². The van der Waals surface area contributed by atoms with E-state index in [1.165, 1.54) is 6.20 Å². The zero-order valence-corrected chi connectivity index (χ0v) is 19.0. The van der Waals surface area contributed by atoms with Crippen LogP contribution in [0.5, 0.6) is 11.6 Å². The molecule has 33 heavy (non-hydrogen) atoms. The molecule has 0 saturated carbocycles. The van der Waals surface area contributed by atoms with E-state index < -0.39 is 17.8 Å². The lowest BCUT2D eigenvalue weighted by Crippen LogP contribution is -2.40. The number of hydrogen-bond donors (Lipinski definition) is 1. The van der Waals surface area contributed by atoms with Gasteiger partial charge in [0, 0.05) is 56.0 Å². The number of ether oxygens (including phenoxy) is 3. The summed E-state index contributed by atoms with van der Waals surface area (Å²) in [6.07, 6.45) is 2.35. The van der Waals surface area contributed by atoms with E-state index in [1.807, 2.05) is 6.92 Å². The summed E-state index contributed by atoms with van der Waals surface area (Å²) in [6.45, 7) is 6.67. The van der Waals surface area contributed by atoms with E-state index in [4.69, 9.17) is 19.0 Å². The minimum absolute atomic E-state index is 0.0211. The molecule has 180 valence electrons. The highest BCUT2D eigenvalue weighted by Gasteiger charge is 2.24. The highest BCUT2D eigenvalue weighted by atomic mass is 19.1. The molecule has 1 aliphatic heterocycles. The van der Waals surface area contributed by atoms with Gasteiger partial charge in [-0.1, -0.05) is 6.92 Å². The highest BCUT2D eigenvalue weighted by molar-refractivity contribution is 5.62. The lowest BCUT2D eigenvalue weighted by atomic mass is 10.1. The molecule has 0 amide bonds. The van der Waals surface area contributed by atoms with Crippen molar-refractivity contribution < 1.29 is 32.6 Å². The second kappa shape index (κ2) is 11.6. The van der Waals surface area contributed by atoms with E-state index in [9.17, 15) is 13.6 Å². The van der Waals surface area contributed by atoms with Crippen LogP contribution in [0.1, 0.15) is 40.0 Å². The number of nitrogens with one attached hydrogen (secondary N) is 1. The van der Waals surface area contributed by atoms with Crippen LogP contribution in [0.4, 0.5) is 25.0 Å². The lowest BCUT2D eigenvalue weighted by Gasteiger charge is -2.30. The smallest absolute Gasteiger partial charge is 0.490 e. The maximum Gasteiger partial charge on any atom is 0.528 e. The van der Waals surface area contributed by atoms with E-state index in [0.29, 0.717) is 50.5 Å². The molecule has 1 saturated heterocycles. The van der Waals surface area contributed by atoms with Crippen molar-refractivity contribution >= 4 is 17.5 Å². The maximum absolute atomic E-state index is 14.4. The van der Waals surface area contributed by atoms with E-state index in [-0.39, 0.29) is 23.6 Å². The van der Waals surface area contributed by atoms with Gasteiger partial charge in [-0.3, -0.25) is 0 Å². The van der Waals surface area contributed by atoms with Crippen LogP contribution in [0.2, 0.25) is 0 Å². The van der Waals surface area contributed by atoms with Gasteiger partial charge in [0.25, 0.3) is 0 Å². The minimum atomic E-state index is -0.724. The van der Waals surface area contributed by atoms with Crippen LogP contribution in [0, 0.1) is 11.6 Å². The number of piperidine rings is 1. The summed E-state index contributed by atoms with van der Waals surface area (Å²) < 4.78 is 44.7. The van der Waals surface area contributed by atoms with Gasteiger partial charge in [0.15, 0.2) is 17.4 Å². The minimum Gasteiger partial charge on any atom is -0.490 e. The Balaban J connectivity index is 1.55. The molecule has 1 N–H and O–H groups in total. The summed E-state index contributed by atoms with van der Waals surface area (Å²) in [5.41, 5.74) is 0.477. The molecule has 0 unspecified atom stereocenters. The molecule has 8 nitrogen and oxygen atoms in total. The van der Waals surface area contributed by atoms with Crippen molar-refractivity contribution in [2.24, 2.45) is 0 Å². The molecule has 0 atom stereocenters. The fourth-order valence-electron chi connectivity index (χ4n) is 3.19. The molecule has 3 rings (SSSR count). The quantitative estimate of drug-likeness (QED) is 0.506. The number of carbonyl (C=O) groups excluding carboxylic acids is 1. The Morgan fingerprint density at radius 2 is 1.97 bits per heavy atom. The average Bonchev–Trinajstić information content (AvgIpc) is 2.76. The van der Waals surface area contributed by atoms with Gasteiger partial charge in [-0.2, -0.15) is 0 Å². The number of nitrogens with zero attached hydrogens (tertiary/aromatic N) is 2. The number of carbonyl (C=O) groups is 1. The van der Waals surface area contributed by atoms with Crippen LogP contribution in [-0.4, -0.2) is 48.1 Å². The predicted octanol–water partition coefficient (Wildman–Crippen LogP) is 5.21. The molecule has 0 radical (unpaired) electrons. The van der Waals surface area contributed by atoms with Gasteiger partial charge >= 0.3 is 6.16 Å². The summed E-state index contributed by atoms with van der Waals surface area (Å²) in [5.74, 6) is -1.05. The first-order valence-electron chi connectivity index (χ1n) is 11.0. The molecular formula is C23H29F2N3O5. The van der Waals surface area contributed by atoms with Gasteiger partial charge in [0.2, 0.25) is 5.88 Å². The Morgan fingerprint density at radius 1 is 1.21 bits per heavy atom. The van der Waals surface area contributed by atoms with Crippen molar-refractivity contribution in [2.45, 2.75) is 52.2 Å². The second-order valence-electron chi connectivity index (χ2n) is 7.87. The molecule has 1 aromatic heterocycles. The summed E-state index contributed by atoms with van der Waals surface area (Å²) in [5, 5.41) is 4.39. The van der Waals surface area contributed by atoms with Gasteiger partial charge in [0.05, 0.1) is 18.4 Å². The van der Waals surface area contributed by atoms with Gasteiger partial charge in [-0.25, -0.2) is 18.6 Å². The molecule has 1 fully saturated rings. The fraction of sp³-hybridized carbons (Fsp3) is 0.478. The van der Waals surface area contributed by atoms with Crippen LogP contribution in [0.25, 0.3) is 0 Å². The number of hydrogen-bond acceptors (Lipinski definition) is 8. The standard InChI is InChI=1S/C23H29F2N3O5/c1-4-11-30-21-14-18(24)20(13-19(21)25)27-16-5-8-26-22(12-16)32-17-6-9-28(10-7-17)33-23(29)31-15(2)3/h5,8,12-15,17H,4,6-7,9-11H2,1-3H3,(H,26,27). The summed E-state index contributed by atoms with van der Waals surface area (Å²) in [6, 6.07) is 5.32. The summed E-state index contributed by atoms with van der Waals surface area (Å²) >= 11 is 0. The number of anilines is 2. The van der Waals surface area contributed by atoms with Crippen molar-refractivity contribution in [3.8, 4) is 11.6 Å². The molecule has 10 heteroatoms. The molecule has 2 aromatic rings. The largest absolute Gasteiger partial charge is 0.528 e. The van der Waals surface area contributed by atoms with Crippen molar-refractivity contribution in [1.29, 1.82) is 0 Å². The zero-order valence-electron chi connectivity index (χ0n) is 19.0. The van der Waals surface area contributed by atoms with Crippen LogP contribution >= 0.6 is 0 Å². The first-order valence-corrected chi connectivity index (χ1v) is 11.0. The monoisotopic (exact) mass is 465 g/mol. The summed E-state index contributed by atoms with van der Waals surface area (Å²) in [7, 11) is 0. The SMILES string of the molecule is CCCOc1cc(F)c(Nc2ccnc(OC3CCN(OC(=O)OC(C)C)CC3)c2)cc1F. The lowest BCUT2D eigenvalue weighted by molar-refractivity contribution is -0.151. The van der Waals surface area contributed by atoms with Gasteiger partial charge < -0.3 is 24.4 Å². The number of benzene rings is 1. The van der Waals surface area contributed by atoms with Crippen LogP contribution in [0.3, 0.4) is 0 Å². The predicted molar refractivity (Wildman–Crippen MR) is 118 cm³/mol. The van der Waals surface area contributed by atoms with Crippen LogP contribution in [-0.2, 0) is 9.57 Å². The molecule has 2 heterocycles. The normalized spacial score (nSPS) is 14.7. The Bertz CT molecular complexity index is 936. The number of rotatable bonds is 9. The molecule has 0 aliphatic carbocycles. The molecule has 1 aliphatic rings.